The molecular weight excluding hydrogens is 338 g/mol. The van der Waals surface area contributed by atoms with Crippen molar-refractivity contribution < 1.29 is 9.53 Å². The number of aryl methyl sites for hydroxylation is 2. The van der Waals surface area contributed by atoms with Crippen LogP contribution in [0.25, 0.3) is 0 Å². The van der Waals surface area contributed by atoms with Crippen molar-refractivity contribution in [1.29, 1.82) is 0 Å². The van der Waals surface area contributed by atoms with E-state index >= 15 is 0 Å². The van der Waals surface area contributed by atoms with Gasteiger partial charge in [-0.25, -0.2) is 4.98 Å². The van der Waals surface area contributed by atoms with Crippen molar-refractivity contribution in [2.24, 2.45) is 0 Å². The average Bonchev–Trinajstić information content (AvgIpc) is 2.65. The molecule has 1 amide bonds. The summed E-state index contributed by atoms with van der Waals surface area (Å²) in [5.74, 6) is 1.36. The third-order valence-electron chi connectivity index (χ3n) is 4.28. The van der Waals surface area contributed by atoms with Crippen molar-refractivity contribution in [3.05, 3.63) is 77.5 Å². The Morgan fingerprint density at radius 3 is 2.59 bits per heavy atom. The summed E-state index contributed by atoms with van der Waals surface area (Å²) in [6.07, 6.45) is 1.98. The summed E-state index contributed by atoms with van der Waals surface area (Å²) in [7, 11) is 1.64. The van der Waals surface area contributed by atoms with E-state index in [1.54, 1.807) is 13.3 Å². The van der Waals surface area contributed by atoms with E-state index < -0.39 is 0 Å². The molecule has 0 aliphatic rings. The fraction of sp³-hybridized carbons (Fsp3) is 0.182. The van der Waals surface area contributed by atoms with Crippen molar-refractivity contribution in [3.8, 4) is 5.75 Å². The average molecular weight is 361 g/mol. The fourth-order valence-electron chi connectivity index (χ4n) is 2.79. The summed E-state index contributed by atoms with van der Waals surface area (Å²) < 4.78 is 5.37. The van der Waals surface area contributed by atoms with Crippen molar-refractivity contribution in [2.45, 2.75) is 20.3 Å². The largest absolute Gasteiger partial charge is 0.495 e. The second-order valence-corrected chi connectivity index (χ2v) is 6.41. The van der Waals surface area contributed by atoms with Gasteiger partial charge in [-0.3, -0.25) is 4.79 Å². The van der Waals surface area contributed by atoms with Gasteiger partial charge in [0.25, 0.3) is 0 Å². The van der Waals surface area contributed by atoms with Gasteiger partial charge in [-0.1, -0.05) is 30.3 Å². The van der Waals surface area contributed by atoms with E-state index in [-0.39, 0.29) is 5.91 Å². The first-order valence-corrected chi connectivity index (χ1v) is 8.77. The van der Waals surface area contributed by atoms with E-state index in [0.717, 1.165) is 28.1 Å². The topological polar surface area (TPSA) is 63.2 Å². The molecule has 0 spiro atoms. The lowest BCUT2D eigenvalue weighted by molar-refractivity contribution is -0.115. The van der Waals surface area contributed by atoms with Gasteiger partial charge in [-0.2, -0.15) is 0 Å². The summed E-state index contributed by atoms with van der Waals surface area (Å²) in [5.41, 5.74) is 4.76. The maximum absolute atomic E-state index is 12.3. The van der Waals surface area contributed by atoms with E-state index in [2.05, 4.69) is 15.6 Å². The molecule has 0 saturated carbocycles. The van der Waals surface area contributed by atoms with E-state index in [1.165, 1.54) is 0 Å². The van der Waals surface area contributed by atoms with Gasteiger partial charge >= 0.3 is 0 Å². The van der Waals surface area contributed by atoms with Crippen LogP contribution in [0, 0.1) is 13.8 Å². The first-order chi connectivity index (χ1) is 13.0. The molecule has 5 heteroatoms. The third kappa shape index (κ3) is 4.85. The fourth-order valence-corrected chi connectivity index (χ4v) is 2.79. The number of benzene rings is 2. The Balaban J connectivity index is 1.64. The van der Waals surface area contributed by atoms with Gasteiger partial charge in [-0.15, -0.1) is 0 Å². The maximum atomic E-state index is 12.3. The number of hydrogen-bond donors (Lipinski definition) is 2. The highest BCUT2D eigenvalue weighted by Gasteiger charge is 2.08. The second-order valence-electron chi connectivity index (χ2n) is 6.41. The van der Waals surface area contributed by atoms with Gasteiger partial charge in [0.1, 0.15) is 11.6 Å². The molecule has 0 aliphatic carbocycles. The number of aromatic nitrogens is 1. The normalized spacial score (nSPS) is 10.3. The Morgan fingerprint density at radius 2 is 1.89 bits per heavy atom. The Labute approximate surface area is 159 Å². The zero-order valence-electron chi connectivity index (χ0n) is 15.7. The highest BCUT2D eigenvalue weighted by molar-refractivity contribution is 5.92. The lowest BCUT2D eigenvalue weighted by atomic mass is 10.1. The molecule has 0 fully saturated rings. The molecule has 27 heavy (non-hydrogen) atoms. The van der Waals surface area contributed by atoms with Gasteiger partial charge in [0, 0.05) is 0 Å². The number of nitrogens with one attached hydrogen (secondary N) is 2. The number of hydrogen-bond acceptors (Lipinski definition) is 4. The molecule has 3 aromatic rings. The monoisotopic (exact) mass is 361 g/mol. The van der Waals surface area contributed by atoms with Crippen LogP contribution in [0.15, 0.2) is 60.8 Å². The molecule has 0 saturated heterocycles. The Morgan fingerprint density at radius 1 is 1.07 bits per heavy atom. The van der Waals surface area contributed by atoms with Gasteiger partial charge in [-0.05, 0) is 54.8 Å². The van der Waals surface area contributed by atoms with Crippen molar-refractivity contribution in [1.82, 2.24) is 4.98 Å². The van der Waals surface area contributed by atoms with E-state index in [1.807, 2.05) is 68.4 Å². The summed E-state index contributed by atoms with van der Waals surface area (Å²) in [6.45, 7) is 4.02. The Hall–Kier alpha value is -3.34. The number of rotatable bonds is 6. The van der Waals surface area contributed by atoms with Crippen LogP contribution in [-0.4, -0.2) is 18.0 Å². The van der Waals surface area contributed by atoms with Crippen LogP contribution in [0.4, 0.5) is 17.2 Å². The van der Waals surface area contributed by atoms with Gasteiger partial charge < -0.3 is 15.4 Å². The minimum absolute atomic E-state index is 0.0628. The van der Waals surface area contributed by atoms with Crippen LogP contribution in [-0.2, 0) is 11.2 Å². The highest BCUT2D eigenvalue weighted by Crippen LogP contribution is 2.28. The van der Waals surface area contributed by atoms with Crippen LogP contribution in [0.3, 0.4) is 0 Å². The van der Waals surface area contributed by atoms with Crippen LogP contribution in [0.1, 0.15) is 16.7 Å². The van der Waals surface area contributed by atoms with Gasteiger partial charge in [0.2, 0.25) is 5.91 Å². The molecule has 2 aromatic carbocycles. The second kappa shape index (κ2) is 8.36. The number of amides is 1. The quantitative estimate of drug-likeness (QED) is 0.672. The zero-order chi connectivity index (χ0) is 19.2. The van der Waals surface area contributed by atoms with Crippen molar-refractivity contribution >= 4 is 23.1 Å². The van der Waals surface area contributed by atoms with Crippen LogP contribution < -0.4 is 15.4 Å². The number of carbonyl (C=O) groups is 1. The molecular formula is C22H23N3O2. The summed E-state index contributed by atoms with van der Waals surface area (Å²) in [4.78, 5) is 16.6. The molecule has 0 unspecified atom stereocenters. The number of ether oxygens (including phenoxy) is 1. The zero-order valence-corrected chi connectivity index (χ0v) is 15.7. The molecule has 3 rings (SSSR count). The van der Waals surface area contributed by atoms with E-state index in [9.17, 15) is 4.79 Å². The molecule has 0 aliphatic heterocycles. The molecule has 0 bridgehead atoms. The molecule has 1 aromatic heterocycles. The molecule has 138 valence electrons. The summed E-state index contributed by atoms with van der Waals surface area (Å²) in [6, 6.07) is 17.4. The molecule has 5 nitrogen and oxygen atoms in total. The maximum Gasteiger partial charge on any atom is 0.228 e. The number of anilines is 3. The van der Waals surface area contributed by atoms with Gasteiger partial charge in [0.15, 0.2) is 0 Å². The standard InChI is InChI=1S/C22H23N3O2/c1-15-8-10-20(27-3)19(12-15)25-21-11-9-18(14-23-21)24-22(26)13-17-7-5-4-6-16(17)2/h4-12,14H,13H2,1-3H3,(H,23,25)(H,24,26). The molecule has 0 radical (unpaired) electrons. The predicted octanol–water partition coefficient (Wildman–Crippen LogP) is 4.63. The third-order valence-corrected chi connectivity index (χ3v) is 4.28. The van der Waals surface area contributed by atoms with E-state index in [4.69, 9.17) is 4.74 Å². The van der Waals surface area contributed by atoms with Crippen LogP contribution in [0.2, 0.25) is 0 Å². The minimum atomic E-state index is -0.0628. The SMILES string of the molecule is COc1ccc(C)cc1Nc1ccc(NC(=O)Cc2ccccc2C)cn1. The summed E-state index contributed by atoms with van der Waals surface area (Å²) >= 11 is 0. The Bertz CT molecular complexity index is 937. The number of carbonyl (C=O) groups excluding carboxylic acids is 1. The molecule has 1 heterocycles. The summed E-state index contributed by atoms with van der Waals surface area (Å²) in [5, 5.41) is 6.13. The Kier molecular flexibility index (Phi) is 5.71. The smallest absolute Gasteiger partial charge is 0.228 e. The lowest BCUT2D eigenvalue weighted by Crippen LogP contribution is -2.15. The van der Waals surface area contributed by atoms with E-state index in [0.29, 0.717) is 17.9 Å². The number of nitrogens with zero attached hydrogens (tertiary/aromatic N) is 1. The number of methoxy groups -OCH3 is 1. The van der Waals surface area contributed by atoms with Crippen molar-refractivity contribution in [2.75, 3.05) is 17.7 Å². The van der Waals surface area contributed by atoms with Gasteiger partial charge in [0.05, 0.1) is 31.1 Å². The first-order valence-electron chi connectivity index (χ1n) is 8.77. The van der Waals surface area contributed by atoms with Crippen molar-refractivity contribution in [3.63, 3.8) is 0 Å². The highest BCUT2D eigenvalue weighted by atomic mass is 16.5. The lowest BCUT2D eigenvalue weighted by Gasteiger charge is -2.12. The van der Waals surface area contributed by atoms with Crippen LogP contribution >= 0.6 is 0 Å². The first kappa shape index (κ1) is 18.5. The molecule has 0 atom stereocenters. The predicted molar refractivity (Wildman–Crippen MR) is 109 cm³/mol. The number of pyridine rings is 1. The molecule has 2 N–H and O–H groups in total. The van der Waals surface area contributed by atoms with Crippen LogP contribution in [0.5, 0.6) is 5.75 Å². The minimum Gasteiger partial charge on any atom is -0.495 e.